The number of aromatic nitrogens is 2. The van der Waals surface area contributed by atoms with Gasteiger partial charge in [0.2, 0.25) is 0 Å². The number of benzene rings is 1. The zero-order valence-corrected chi connectivity index (χ0v) is 8.59. The third-order valence-corrected chi connectivity index (χ3v) is 2.50. The van der Waals surface area contributed by atoms with Gasteiger partial charge >= 0.3 is 0 Å². The molecule has 0 aliphatic rings. The lowest BCUT2D eigenvalue weighted by molar-refractivity contribution is 0.797. The molecule has 2 rings (SSSR count). The minimum Gasteiger partial charge on any atom is -0.268 e. The summed E-state index contributed by atoms with van der Waals surface area (Å²) in [5.74, 6) is 0. The molecule has 0 amide bonds. The fourth-order valence-corrected chi connectivity index (χ4v) is 1.94. The quantitative estimate of drug-likeness (QED) is 0.673. The molecule has 0 saturated carbocycles. The molecule has 1 aromatic heterocycles. The van der Waals surface area contributed by atoms with Crippen LogP contribution in [0.15, 0.2) is 22.8 Å². The van der Waals surface area contributed by atoms with Gasteiger partial charge in [0.25, 0.3) is 0 Å². The summed E-state index contributed by atoms with van der Waals surface area (Å²) in [5.41, 5.74) is 2.43. The fourth-order valence-electron chi connectivity index (χ4n) is 1.38. The van der Waals surface area contributed by atoms with Crippen LogP contribution in [0.4, 0.5) is 0 Å². The van der Waals surface area contributed by atoms with E-state index in [-0.39, 0.29) is 0 Å². The molecule has 2 nitrogen and oxygen atoms in total. The average molecular weight is 225 g/mol. The molecule has 2 aromatic rings. The van der Waals surface area contributed by atoms with Crippen LogP contribution in [0.3, 0.4) is 0 Å². The van der Waals surface area contributed by atoms with Crippen molar-refractivity contribution in [2.24, 2.45) is 7.05 Å². The number of fused-ring (bicyclic) bond motifs is 1. The highest BCUT2D eigenvalue weighted by atomic mass is 79.9. The van der Waals surface area contributed by atoms with Crippen LogP contribution in [-0.4, -0.2) is 9.78 Å². The first-order chi connectivity index (χ1) is 5.68. The fraction of sp³-hybridized carbons (Fsp3) is 0.222. The molecule has 0 aliphatic carbocycles. The average Bonchev–Trinajstić information content (AvgIpc) is 2.33. The smallest absolute Gasteiger partial charge is 0.0692 e. The van der Waals surface area contributed by atoms with Crippen molar-refractivity contribution >= 4 is 26.8 Å². The molecule has 0 unspecified atom stereocenters. The van der Waals surface area contributed by atoms with Crippen LogP contribution in [0.1, 0.15) is 5.56 Å². The summed E-state index contributed by atoms with van der Waals surface area (Å²) < 4.78 is 2.99. The zero-order valence-electron chi connectivity index (χ0n) is 7.00. The van der Waals surface area contributed by atoms with E-state index in [0.717, 1.165) is 4.47 Å². The third kappa shape index (κ3) is 1.05. The summed E-state index contributed by atoms with van der Waals surface area (Å²) in [6.45, 7) is 2.09. The highest BCUT2D eigenvalue weighted by Gasteiger charge is 2.02. The van der Waals surface area contributed by atoms with E-state index < -0.39 is 0 Å². The summed E-state index contributed by atoms with van der Waals surface area (Å²) in [5, 5.41) is 5.42. The number of aryl methyl sites for hydroxylation is 2. The predicted octanol–water partition coefficient (Wildman–Crippen LogP) is 2.64. The maximum Gasteiger partial charge on any atom is 0.0692 e. The van der Waals surface area contributed by atoms with Gasteiger partial charge in [-0.05, 0) is 24.6 Å². The van der Waals surface area contributed by atoms with Crippen molar-refractivity contribution in [1.29, 1.82) is 0 Å². The molecule has 0 saturated heterocycles. The lowest BCUT2D eigenvalue weighted by atomic mass is 10.1. The molecular weight excluding hydrogens is 216 g/mol. The van der Waals surface area contributed by atoms with Gasteiger partial charge in [-0.1, -0.05) is 15.9 Å². The van der Waals surface area contributed by atoms with Crippen molar-refractivity contribution in [3.8, 4) is 0 Å². The molecule has 12 heavy (non-hydrogen) atoms. The first kappa shape index (κ1) is 7.80. The first-order valence-corrected chi connectivity index (χ1v) is 4.55. The number of nitrogens with zero attached hydrogens (tertiary/aromatic N) is 2. The number of hydrogen-bond donors (Lipinski definition) is 0. The predicted molar refractivity (Wildman–Crippen MR) is 53.2 cm³/mol. The Morgan fingerprint density at radius 2 is 2.17 bits per heavy atom. The van der Waals surface area contributed by atoms with Crippen molar-refractivity contribution in [2.75, 3.05) is 0 Å². The van der Waals surface area contributed by atoms with E-state index in [1.165, 1.54) is 16.5 Å². The van der Waals surface area contributed by atoms with E-state index >= 15 is 0 Å². The summed E-state index contributed by atoms with van der Waals surface area (Å²) in [6.07, 6.45) is 1.90. The molecule has 0 bridgehead atoms. The monoisotopic (exact) mass is 224 g/mol. The van der Waals surface area contributed by atoms with Gasteiger partial charge in [0.05, 0.1) is 11.7 Å². The van der Waals surface area contributed by atoms with E-state index in [0.29, 0.717) is 0 Å². The van der Waals surface area contributed by atoms with Gasteiger partial charge in [0.15, 0.2) is 0 Å². The van der Waals surface area contributed by atoms with Crippen LogP contribution in [0.5, 0.6) is 0 Å². The zero-order chi connectivity index (χ0) is 8.72. The van der Waals surface area contributed by atoms with Gasteiger partial charge in [0, 0.05) is 16.9 Å². The molecule has 0 atom stereocenters. The van der Waals surface area contributed by atoms with Crippen molar-refractivity contribution < 1.29 is 0 Å². The van der Waals surface area contributed by atoms with Crippen molar-refractivity contribution in [2.45, 2.75) is 6.92 Å². The molecule has 0 radical (unpaired) electrons. The van der Waals surface area contributed by atoms with Gasteiger partial charge in [-0.25, -0.2) is 0 Å². The van der Waals surface area contributed by atoms with Gasteiger partial charge in [-0.3, -0.25) is 4.68 Å². The second kappa shape index (κ2) is 2.59. The molecule has 0 N–H and O–H groups in total. The van der Waals surface area contributed by atoms with Crippen LogP contribution in [-0.2, 0) is 7.05 Å². The first-order valence-electron chi connectivity index (χ1n) is 3.76. The van der Waals surface area contributed by atoms with Crippen LogP contribution < -0.4 is 0 Å². The van der Waals surface area contributed by atoms with Crippen LogP contribution >= 0.6 is 15.9 Å². The second-order valence-electron chi connectivity index (χ2n) is 2.92. The molecule has 62 valence electrons. The minimum atomic E-state index is 1.11. The number of rotatable bonds is 0. The Bertz CT molecular complexity index is 431. The van der Waals surface area contributed by atoms with Gasteiger partial charge in [0.1, 0.15) is 0 Å². The van der Waals surface area contributed by atoms with E-state index in [9.17, 15) is 0 Å². The van der Waals surface area contributed by atoms with Crippen LogP contribution in [0.2, 0.25) is 0 Å². The standard InChI is InChI=1S/C9H9BrN2/c1-6-3-7(10)4-9-8(6)5-11-12(9)2/h3-5H,1-2H3. The van der Waals surface area contributed by atoms with Crippen molar-refractivity contribution in [3.05, 3.63) is 28.4 Å². The summed E-state index contributed by atoms with van der Waals surface area (Å²) >= 11 is 3.46. The Balaban J connectivity index is 2.92. The minimum absolute atomic E-state index is 1.11. The highest BCUT2D eigenvalue weighted by Crippen LogP contribution is 2.22. The molecular formula is C9H9BrN2. The van der Waals surface area contributed by atoms with E-state index in [4.69, 9.17) is 0 Å². The van der Waals surface area contributed by atoms with Gasteiger partial charge in [-0.15, -0.1) is 0 Å². The molecule has 0 fully saturated rings. The highest BCUT2D eigenvalue weighted by molar-refractivity contribution is 9.10. The summed E-state index contributed by atoms with van der Waals surface area (Å²) in [4.78, 5) is 0. The Hall–Kier alpha value is -0.830. The lowest BCUT2D eigenvalue weighted by Crippen LogP contribution is -1.88. The topological polar surface area (TPSA) is 17.8 Å². The molecule has 0 spiro atoms. The number of halogens is 1. The Morgan fingerprint density at radius 3 is 2.92 bits per heavy atom. The maximum atomic E-state index is 4.19. The Kier molecular flexibility index (Phi) is 1.68. The van der Waals surface area contributed by atoms with Crippen LogP contribution in [0, 0.1) is 6.92 Å². The van der Waals surface area contributed by atoms with Crippen molar-refractivity contribution in [1.82, 2.24) is 9.78 Å². The van der Waals surface area contributed by atoms with Gasteiger partial charge in [-0.2, -0.15) is 5.10 Å². The van der Waals surface area contributed by atoms with Crippen molar-refractivity contribution in [3.63, 3.8) is 0 Å². The Morgan fingerprint density at radius 1 is 1.42 bits per heavy atom. The Labute approximate surface area is 79.3 Å². The molecule has 0 aliphatic heterocycles. The van der Waals surface area contributed by atoms with E-state index in [2.05, 4.69) is 40.1 Å². The molecule has 1 heterocycles. The van der Waals surface area contributed by atoms with Crippen LogP contribution in [0.25, 0.3) is 10.9 Å². The largest absolute Gasteiger partial charge is 0.268 e. The maximum absolute atomic E-state index is 4.19. The lowest BCUT2D eigenvalue weighted by Gasteiger charge is -1.98. The third-order valence-electron chi connectivity index (χ3n) is 2.04. The SMILES string of the molecule is Cc1cc(Br)cc2c1cnn2C. The molecule has 3 heteroatoms. The van der Waals surface area contributed by atoms with E-state index in [1.807, 2.05) is 17.9 Å². The number of hydrogen-bond acceptors (Lipinski definition) is 1. The normalized spacial score (nSPS) is 10.9. The second-order valence-corrected chi connectivity index (χ2v) is 3.84. The van der Waals surface area contributed by atoms with E-state index in [1.54, 1.807) is 0 Å². The summed E-state index contributed by atoms with van der Waals surface area (Å²) in [7, 11) is 1.95. The molecule has 1 aromatic carbocycles. The van der Waals surface area contributed by atoms with Gasteiger partial charge < -0.3 is 0 Å². The summed E-state index contributed by atoms with van der Waals surface area (Å²) in [6, 6.07) is 4.18.